The Morgan fingerprint density at radius 1 is 1.26 bits per heavy atom. The smallest absolute Gasteiger partial charge is 0.363 e. The van der Waals surface area contributed by atoms with Crippen LogP contribution in [-0.4, -0.2) is 21.9 Å². The number of hydrogen-bond acceptors (Lipinski definition) is 5. The standard InChI is InChI=1S/C27H27BrF3N5OS/c1-26(2,3)15-6-9-17-18(13-32)25(38-21(17)10-15)34-24(37)20-12-23-33-19(14-4-7-16(28)8-5-14)11-22(27(29,30)31)36(23)35-20/h4-5,7-8,12,15,19,22,33H,6,9-11H2,1-3H3,(H,34,37)/t15-,19-,22-/m1/s1. The Kier molecular flexibility index (Phi) is 6.84. The monoisotopic (exact) mass is 605 g/mol. The van der Waals surface area contributed by atoms with Crippen molar-refractivity contribution >= 4 is 44.0 Å². The van der Waals surface area contributed by atoms with Gasteiger partial charge in [0.2, 0.25) is 0 Å². The maximum Gasteiger partial charge on any atom is 0.410 e. The maximum absolute atomic E-state index is 14.0. The molecule has 3 atom stereocenters. The van der Waals surface area contributed by atoms with Crippen LogP contribution in [0.2, 0.25) is 0 Å². The van der Waals surface area contributed by atoms with Crippen LogP contribution in [0.15, 0.2) is 34.8 Å². The number of benzene rings is 1. The third-order valence-corrected chi connectivity index (χ3v) is 9.22. The molecule has 11 heteroatoms. The molecule has 0 bridgehead atoms. The molecule has 6 nitrogen and oxygen atoms in total. The summed E-state index contributed by atoms with van der Waals surface area (Å²) >= 11 is 4.73. The second kappa shape index (κ2) is 9.72. The van der Waals surface area contributed by atoms with Gasteiger partial charge in [0.1, 0.15) is 16.9 Å². The SMILES string of the molecule is CC(C)(C)[C@@H]1CCc2c(sc(NC(=O)c3cc4n(n3)[C@@H](C(F)(F)F)C[C@H](c3ccc(Br)cc3)N4)c2C#N)C1. The molecule has 0 unspecified atom stereocenters. The topological polar surface area (TPSA) is 82.7 Å². The van der Waals surface area contributed by atoms with Crippen LogP contribution in [0, 0.1) is 22.7 Å². The predicted molar refractivity (Wildman–Crippen MR) is 144 cm³/mol. The summed E-state index contributed by atoms with van der Waals surface area (Å²) < 4.78 is 43.8. The lowest BCUT2D eigenvalue weighted by atomic mass is 9.72. The highest BCUT2D eigenvalue weighted by Gasteiger charge is 2.47. The number of carbonyl (C=O) groups excluding carboxylic acids is 1. The Balaban J connectivity index is 1.42. The molecule has 0 spiro atoms. The molecule has 0 saturated carbocycles. The normalized spacial score (nSPS) is 21.2. The largest absolute Gasteiger partial charge is 0.410 e. The number of amides is 1. The highest BCUT2D eigenvalue weighted by molar-refractivity contribution is 9.10. The summed E-state index contributed by atoms with van der Waals surface area (Å²) in [6, 6.07) is 8.17. The van der Waals surface area contributed by atoms with Crippen molar-refractivity contribution in [2.75, 3.05) is 10.6 Å². The molecule has 1 amide bonds. The zero-order valence-electron chi connectivity index (χ0n) is 21.1. The number of nitriles is 1. The average molecular weight is 607 g/mol. The van der Waals surface area contributed by atoms with Crippen LogP contribution >= 0.6 is 27.3 Å². The fraction of sp³-hybridized carbons (Fsp3) is 0.444. The van der Waals surface area contributed by atoms with E-state index in [1.807, 2.05) is 0 Å². The van der Waals surface area contributed by atoms with Gasteiger partial charge in [0, 0.05) is 21.8 Å². The highest BCUT2D eigenvalue weighted by atomic mass is 79.9. The number of aromatic nitrogens is 2. The first-order valence-electron chi connectivity index (χ1n) is 12.4. The van der Waals surface area contributed by atoms with Crippen molar-refractivity contribution in [3.05, 3.63) is 62.1 Å². The second-order valence-corrected chi connectivity index (χ2v) is 13.0. The summed E-state index contributed by atoms with van der Waals surface area (Å²) in [5.41, 5.74) is 2.10. The second-order valence-electron chi connectivity index (χ2n) is 11.0. The van der Waals surface area contributed by atoms with E-state index in [1.54, 1.807) is 24.3 Å². The molecular formula is C27H27BrF3N5OS. The predicted octanol–water partition coefficient (Wildman–Crippen LogP) is 7.64. The quantitative estimate of drug-likeness (QED) is 0.321. The zero-order valence-corrected chi connectivity index (χ0v) is 23.5. The number of hydrogen-bond donors (Lipinski definition) is 2. The highest BCUT2D eigenvalue weighted by Crippen LogP contribution is 2.45. The van der Waals surface area contributed by atoms with Gasteiger partial charge in [-0.25, -0.2) is 4.68 Å². The molecule has 38 heavy (non-hydrogen) atoms. The van der Waals surface area contributed by atoms with Crippen molar-refractivity contribution in [3.8, 4) is 6.07 Å². The minimum absolute atomic E-state index is 0.121. The van der Waals surface area contributed by atoms with Crippen LogP contribution < -0.4 is 10.6 Å². The van der Waals surface area contributed by atoms with Crippen LogP contribution in [0.3, 0.4) is 0 Å². The van der Waals surface area contributed by atoms with E-state index in [1.165, 1.54) is 17.4 Å². The van der Waals surface area contributed by atoms with Gasteiger partial charge in [-0.2, -0.15) is 23.5 Å². The number of nitrogens with zero attached hydrogens (tertiary/aromatic N) is 3. The van der Waals surface area contributed by atoms with Gasteiger partial charge in [0.25, 0.3) is 5.91 Å². The molecule has 2 aromatic heterocycles. The molecule has 5 rings (SSSR count). The molecule has 200 valence electrons. The van der Waals surface area contributed by atoms with E-state index in [2.05, 4.69) is 58.5 Å². The number of rotatable bonds is 3. The van der Waals surface area contributed by atoms with Crippen LogP contribution in [0.5, 0.6) is 0 Å². The van der Waals surface area contributed by atoms with Gasteiger partial charge in [-0.1, -0.05) is 48.8 Å². The van der Waals surface area contributed by atoms with E-state index in [-0.39, 0.29) is 23.3 Å². The molecule has 0 saturated heterocycles. The van der Waals surface area contributed by atoms with Gasteiger partial charge in [-0.15, -0.1) is 11.3 Å². The number of thiophene rings is 1. The summed E-state index contributed by atoms with van der Waals surface area (Å²) in [6.45, 7) is 6.61. The minimum Gasteiger partial charge on any atom is -0.363 e. The summed E-state index contributed by atoms with van der Waals surface area (Å²) in [4.78, 5) is 14.3. The number of fused-ring (bicyclic) bond motifs is 2. The number of alkyl halides is 3. The number of carbonyl (C=O) groups is 1. The molecule has 0 radical (unpaired) electrons. The maximum atomic E-state index is 14.0. The number of halogens is 4. The molecular weight excluding hydrogens is 579 g/mol. The summed E-state index contributed by atoms with van der Waals surface area (Å²) in [5.74, 6) is -0.0550. The van der Waals surface area contributed by atoms with E-state index < -0.39 is 24.2 Å². The number of anilines is 2. The van der Waals surface area contributed by atoms with E-state index in [0.717, 1.165) is 38.9 Å². The summed E-state index contributed by atoms with van der Waals surface area (Å²) in [7, 11) is 0. The molecule has 1 aliphatic carbocycles. The van der Waals surface area contributed by atoms with Gasteiger partial charge in [-0.05, 0) is 53.9 Å². The van der Waals surface area contributed by atoms with E-state index in [9.17, 15) is 23.2 Å². The van der Waals surface area contributed by atoms with Gasteiger partial charge < -0.3 is 10.6 Å². The Labute approximate surface area is 231 Å². The minimum atomic E-state index is -4.55. The Bertz CT molecular complexity index is 1410. The van der Waals surface area contributed by atoms with Crippen molar-refractivity contribution in [1.82, 2.24) is 9.78 Å². The van der Waals surface area contributed by atoms with Crippen LogP contribution in [-0.2, 0) is 12.8 Å². The Morgan fingerprint density at radius 3 is 2.61 bits per heavy atom. The molecule has 0 fully saturated rings. The summed E-state index contributed by atoms with van der Waals surface area (Å²) in [6.07, 6.45) is -2.24. The molecule has 3 heterocycles. The lowest BCUT2D eigenvalue weighted by molar-refractivity contribution is -0.173. The zero-order chi connectivity index (χ0) is 27.4. The molecule has 3 aromatic rings. The van der Waals surface area contributed by atoms with Crippen LogP contribution in [0.1, 0.15) is 77.8 Å². The molecule has 2 N–H and O–H groups in total. The van der Waals surface area contributed by atoms with Crippen molar-refractivity contribution in [2.45, 2.75) is 64.7 Å². The van der Waals surface area contributed by atoms with E-state index in [4.69, 9.17) is 0 Å². The Hall–Kier alpha value is -2.84. The summed E-state index contributed by atoms with van der Waals surface area (Å²) in [5, 5.41) is 20.2. The van der Waals surface area contributed by atoms with Gasteiger partial charge >= 0.3 is 6.18 Å². The third-order valence-electron chi connectivity index (χ3n) is 7.52. The molecule has 2 aliphatic rings. The average Bonchev–Trinajstić information content (AvgIpc) is 3.43. The fourth-order valence-corrected chi connectivity index (χ4v) is 6.83. The van der Waals surface area contributed by atoms with Crippen LogP contribution in [0.25, 0.3) is 0 Å². The van der Waals surface area contributed by atoms with E-state index in [0.29, 0.717) is 22.0 Å². The van der Waals surface area contributed by atoms with Crippen molar-refractivity contribution in [3.63, 3.8) is 0 Å². The van der Waals surface area contributed by atoms with Gasteiger partial charge in [0.05, 0.1) is 11.6 Å². The van der Waals surface area contributed by atoms with Crippen LogP contribution in [0.4, 0.5) is 24.0 Å². The van der Waals surface area contributed by atoms with Gasteiger partial charge in [0.15, 0.2) is 11.7 Å². The third kappa shape index (κ3) is 5.08. The lowest BCUT2D eigenvalue weighted by Crippen LogP contribution is -2.35. The lowest BCUT2D eigenvalue weighted by Gasteiger charge is -2.33. The molecule has 1 aromatic carbocycles. The van der Waals surface area contributed by atoms with Crippen molar-refractivity contribution in [2.24, 2.45) is 11.3 Å². The Morgan fingerprint density at radius 2 is 1.97 bits per heavy atom. The fourth-order valence-electron chi connectivity index (χ4n) is 5.30. The first-order chi connectivity index (χ1) is 17.8. The first kappa shape index (κ1) is 26.8. The van der Waals surface area contributed by atoms with Gasteiger partial charge in [-0.3, -0.25) is 4.79 Å². The van der Waals surface area contributed by atoms with E-state index >= 15 is 0 Å². The van der Waals surface area contributed by atoms with Crippen molar-refractivity contribution < 1.29 is 18.0 Å². The molecule has 1 aliphatic heterocycles. The van der Waals surface area contributed by atoms with Crippen molar-refractivity contribution in [1.29, 1.82) is 5.26 Å². The first-order valence-corrected chi connectivity index (χ1v) is 14.0. The number of nitrogens with one attached hydrogen (secondary N) is 2.